The first-order valence-corrected chi connectivity index (χ1v) is 8.10. The smallest absolute Gasteiger partial charge is 0.313 e. The van der Waals surface area contributed by atoms with Gasteiger partial charge in [0, 0.05) is 11.6 Å². The molecule has 0 aliphatic rings. The highest BCUT2D eigenvalue weighted by Gasteiger charge is 2.20. The third-order valence-corrected chi connectivity index (χ3v) is 3.94. The molecule has 0 amide bonds. The molecule has 1 unspecified atom stereocenters. The van der Waals surface area contributed by atoms with E-state index in [-0.39, 0.29) is 24.3 Å². The normalized spacial score (nSPS) is 11.9. The first-order valence-electron chi connectivity index (χ1n) is 8.10. The predicted octanol–water partition coefficient (Wildman–Crippen LogP) is 4.72. The lowest BCUT2D eigenvalue weighted by Gasteiger charge is -2.13. The van der Waals surface area contributed by atoms with Crippen LogP contribution in [0.2, 0.25) is 0 Å². The van der Waals surface area contributed by atoms with Crippen molar-refractivity contribution in [1.29, 1.82) is 0 Å². The highest BCUT2D eigenvalue weighted by atomic mass is 19.1. The van der Waals surface area contributed by atoms with Crippen molar-refractivity contribution in [3.8, 4) is 11.3 Å². The quantitative estimate of drug-likeness (QED) is 0.610. The summed E-state index contributed by atoms with van der Waals surface area (Å²) >= 11 is 0. The molecule has 5 heteroatoms. The molecule has 1 atom stereocenters. The number of carbonyl (C=O) groups excluding carboxylic acids is 1. The van der Waals surface area contributed by atoms with Gasteiger partial charge in [0.05, 0.1) is 5.92 Å². The molecule has 2 aromatic carbocycles. The zero-order valence-corrected chi connectivity index (χ0v) is 13.8. The Hall–Kier alpha value is -2.95. The van der Waals surface area contributed by atoms with Gasteiger partial charge in [-0.25, -0.2) is 4.39 Å². The van der Waals surface area contributed by atoms with Crippen molar-refractivity contribution >= 4 is 5.97 Å². The molecule has 3 rings (SSSR count). The molecular formula is C20H18FNO3. The SMILES string of the molecule is CCC(C(=O)OCc1cc(-c2ccc(F)cc2)on1)c1ccccc1. The Labute approximate surface area is 145 Å². The number of halogens is 1. The number of esters is 1. The highest BCUT2D eigenvalue weighted by Crippen LogP contribution is 2.23. The summed E-state index contributed by atoms with van der Waals surface area (Å²) in [7, 11) is 0. The minimum absolute atomic E-state index is 0.0346. The van der Waals surface area contributed by atoms with E-state index in [1.807, 2.05) is 37.3 Å². The van der Waals surface area contributed by atoms with Crippen LogP contribution in [0.3, 0.4) is 0 Å². The Bertz CT molecular complexity index is 828. The Morgan fingerprint density at radius 1 is 1.16 bits per heavy atom. The molecule has 0 radical (unpaired) electrons. The van der Waals surface area contributed by atoms with Crippen molar-refractivity contribution in [3.63, 3.8) is 0 Å². The predicted molar refractivity (Wildman–Crippen MR) is 91.2 cm³/mol. The van der Waals surface area contributed by atoms with Gasteiger partial charge in [-0.05, 0) is 36.2 Å². The van der Waals surface area contributed by atoms with Gasteiger partial charge in [0.2, 0.25) is 0 Å². The number of hydrogen-bond donors (Lipinski definition) is 0. The Morgan fingerprint density at radius 2 is 1.88 bits per heavy atom. The molecule has 128 valence electrons. The maximum absolute atomic E-state index is 13.0. The molecule has 1 aromatic heterocycles. The first-order chi connectivity index (χ1) is 12.2. The minimum atomic E-state index is -0.316. The molecular weight excluding hydrogens is 321 g/mol. The first kappa shape index (κ1) is 16.9. The molecule has 4 nitrogen and oxygen atoms in total. The highest BCUT2D eigenvalue weighted by molar-refractivity contribution is 5.78. The Morgan fingerprint density at radius 3 is 2.56 bits per heavy atom. The van der Waals surface area contributed by atoms with Crippen molar-refractivity contribution in [1.82, 2.24) is 5.16 Å². The van der Waals surface area contributed by atoms with E-state index < -0.39 is 0 Å². The van der Waals surface area contributed by atoms with Gasteiger partial charge < -0.3 is 9.26 Å². The molecule has 0 fully saturated rings. The topological polar surface area (TPSA) is 52.3 Å². The van der Waals surface area contributed by atoms with Gasteiger partial charge in [-0.1, -0.05) is 42.4 Å². The van der Waals surface area contributed by atoms with Crippen LogP contribution in [0.1, 0.15) is 30.5 Å². The van der Waals surface area contributed by atoms with E-state index in [0.29, 0.717) is 23.4 Å². The monoisotopic (exact) mass is 339 g/mol. The largest absolute Gasteiger partial charge is 0.459 e. The van der Waals surface area contributed by atoms with Gasteiger partial charge in [0.1, 0.15) is 18.1 Å². The van der Waals surface area contributed by atoms with Crippen LogP contribution in [0.25, 0.3) is 11.3 Å². The zero-order chi connectivity index (χ0) is 17.6. The molecule has 0 saturated heterocycles. The number of ether oxygens (including phenoxy) is 1. The lowest BCUT2D eigenvalue weighted by atomic mass is 9.97. The van der Waals surface area contributed by atoms with Gasteiger partial charge >= 0.3 is 5.97 Å². The maximum Gasteiger partial charge on any atom is 0.313 e. The average molecular weight is 339 g/mol. The Kier molecular flexibility index (Phi) is 5.23. The molecule has 0 aliphatic carbocycles. The fraction of sp³-hybridized carbons (Fsp3) is 0.200. The van der Waals surface area contributed by atoms with E-state index in [4.69, 9.17) is 9.26 Å². The third-order valence-electron chi connectivity index (χ3n) is 3.94. The van der Waals surface area contributed by atoms with Gasteiger partial charge in [0.15, 0.2) is 5.76 Å². The summed E-state index contributed by atoms with van der Waals surface area (Å²) in [6.07, 6.45) is 0.655. The fourth-order valence-electron chi connectivity index (χ4n) is 2.60. The van der Waals surface area contributed by atoms with E-state index >= 15 is 0 Å². The molecule has 3 aromatic rings. The van der Waals surface area contributed by atoms with Gasteiger partial charge in [-0.2, -0.15) is 0 Å². The van der Waals surface area contributed by atoms with Gasteiger partial charge in [-0.15, -0.1) is 0 Å². The fourth-order valence-corrected chi connectivity index (χ4v) is 2.60. The molecule has 0 spiro atoms. The van der Waals surface area contributed by atoms with Crippen LogP contribution in [-0.4, -0.2) is 11.1 Å². The number of hydrogen-bond acceptors (Lipinski definition) is 4. The second-order valence-corrected chi connectivity index (χ2v) is 5.67. The van der Waals surface area contributed by atoms with Gasteiger partial charge in [0.25, 0.3) is 0 Å². The van der Waals surface area contributed by atoms with Crippen molar-refractivity contribution in [2.75, 3.05) is 0 Å². The summed E-state index contributed by atoms with van der Waals surface area (Å²) in [5, 5.41) is 3.90. The summed E-state index contributed by atoms with van der Waals surface area (Å²) < 4.78 is 23.6. The third kappa shape index (κ3) is 4.12. The van der Waals surface area contributed by atoms with Crippen LogP contribution in [0.15, 0.2) is 65.2 Å². The lowest BCUT2D eigenvalue weighted by Crippen LogP contribution is -2.15. The number of benzene rings is 2. The Balaban J connectivity index is 1.63. The van der Waals surface area contributed by atoms with Crippen molar-refractivity contribution < 1.29 is 18.4 Å². The second-order valence-electron chi connectivity index (χ2n) is 5.67. The van der Waals surface area contributed by atoms with E-state index in [2.05, 4.69) is 5.16 Å². The van der Waals surface area contributed by atoms with Crippen molar-refractivity contribution in [2.24, 2.45) is 0 Å². The summed E-state index contributed by atoms with van der Waals surface area (Å²) in [5.41, 5.74) is 2.15. The number of rotatable bonds is 6. The van der Waals surface area contributed by atoms with Crippen LogP contribution < -0.4 is 0 Å². The van der Waals surface area contributed by atoms with E-state index in [1.165, 1.54) is 12.1 Å². The molecule has 1 heterocycles. The molecule has 0 bridgehead atoms. The van der Waals surface area contributed by atoms with E-state index in [9.17, 15) is 9.18 Å². The van der Waals surface area contributed by atoms with E-state index in [0.717, 1.165) is 5.56 Å². The van der Waals surface area contributed by atoms with Crippen molar-refractivity contribution in [2.45, 2.75) is 25.9 Å². The summed E-state index contributed by atoms with van der Waals surface area (Å²) in [5.74, 6) is -0.408. The molecule has 0 saturated carbocycles. The average Bonchev–Trinajstić information content (AvgIpc) is 3.11. The van der Waals surface area contributed by atoms with Gasteiger partial charge in [-0.3, -0.25) is 4.79 Å². The lowest BCUT2D eigenvalue weighted by molar-refractivity contribution is -0.147. The summed E-state index contributed by atoms with van der Waals surface area (Å²) in [6.45, 7) is 1.98. The summed E-state index contributed by atoms with van der Waals surface area (Å²) in [4.78, 5) is 12.3. The second kappa shape index (κ2) is 7.75. The molecule has 0 aliphatic heterocycles. The number of aromatic nitrogens is 1. The van der Waals surface area contributed by atoms with Crippen LogP contribution >= 0.6 is 0 Å². The minimum Gasteiger partial charge on any atom is -0.459 e. The van der Waals surface area contributed by atoms with Crippen LogP contribution in [-0.2, 0) is 16.1 Å². The maximum atomic E-state index is 13.0. The van der Waals surface area contributed by atoms with Crippen LogP contribution in [0.5, 0.6) is 0 Å². The van der Waals surface area contributed by atoms with Crippen LogP contribution in [0.4, 0.5) is 4.39 Å². The van der Waals surface area contributed by atoms with Crippen LogP contribution in [0, 0.1) is 5.82 Å². The number of nitrogens with zero attached hydrogens (tertiary/aromatic N) is 1. The summed E-state index contributed by atoms with van der Waals surface area (Å²) in [6, 6.07) is 17.1. The van der Waals surface area contributed by atoms with E-state index in [1.54, 1.807) is 18.2 Å². The standard InChI is InChI=1S/C20H18FNO3/c1-2-18(14-6-4-3-5-7-14)20(23)24-13-17-12-19(25-22-17)15-8-10-16(21)11-9-15/h3-12,18H,2,13H2,1H3. The molecule has 25 heavy (non-hydrogen) atoms. The molecule has 0 N–H and O–H groups in total. The number of carbonyl (C=O) groups is 1. The zero-order valence-electron chi connectivity index (χ0n) is 13.8. The van der Waals surface area contributed by atoms with Crippen molar-refractivity contribution in [3.05, 3.63) is 77.7 Å².